The van der Waals surface area contributed by atoms with Gasteiger partial charge in [-0.05, 0) is 23.8 Å². The van der Waals surface area contributed by atoms with Crippen LogP contribution in [0.1, 0.15) is 10.4 Å². The van der Waals surface area contributed by atoms with E-state index in [1.54, 1.807) is 24.3 Å². The van der Waals surface area contributed by atoms with Gasteiger partial charge in [-0.25, -0.2) is 4.79 Å². The second-order valence-corrected chi connectivity index (χ2v) is 4.79. The molecule has 0 bridgehead atoms. The highest BCUT2D eigenvalue weighted by molar-refractivity contribution is 5.88. The number of carboxylic acids is 1. The number of aromatic carboxylic acids is 1. The molecule has 0 aliphatic carbocycles. The zero-order valence-electron chi connectivity index (χ0n) is 11.5. The summed E-state index contributed by atoms with van der Waals surface area (Å²) in [6.07, 6.45) is 0. The summed E-state index contributed by atoms with van der Waals surface area (Å²) in [6.45, 7) is 0. The summed E-state index contributed by atoms with van der Waals surface area (Å²) in [4.78, 5) is 10.9. The van der Waals surface area contributed by atoms with Crippen molar-refractivity contribution in [2.24, 2.45) is 7.05 Å². The van der Waals surface area contributed by atoms with Gasteiger partial charge in [-0.2, -0.15) is 5.10 Å². The largest absolute Gasteiger partial charge is 0.478 e. The van der Waals surface area contributed by atoms with Gasteiger partial charge in [0.15, 0.2) is 0 Å². The molecule has 104 valence electrons. The molecule has 21 heavy (non-hydrogen) atoms. The van der Waals surface area contributed by atoms with E-state index >= 15 is 0 Å². The van der Waals surface area contributed by atoms with Crippen LogP contribution in [0.25, 0.3) is 22.5 Å². The molecule has 4 nitrogen and oxygen atoms in total. The van der Waals surface area contributed by atoms with Gasteiger partial charge in [-0.1, -0.05) is 42.5 Å². The molecule has 0 amide bonds. The maximum absolute atomic E-state index is 10.9. The number of hydrogen-bond acceptors (Lipinski definition) is 2. The Labute approximate surface area is 122 Å². The monoisotopic (exact) mass is 278 g/mol. The van der Waals surface area contributed by atoms with Crippen LogP contribution < -0.4 is 0 Å². The highest BCUT2D eigenvalue weighted by Crippen LogP contribution is 2.25. The average molecular weight is 278 g/mol. The van der Waals surface area contributed by atoms with Gasteiger partial charge < -0.3 is 5.11 Å². The van der Waals surface area contributed by atoms with Gasteiger partial charge in [-0.15, -0.1) is 0 Å². The molecule has 0 aliphatic rings. The van der Waals surface area contributed by atoms with Gasteiger partial charge >= 0.3 is 5.97 Å². The molecule has 1 heterocycles. The number of rotatable bonds is 3. The summed E-state index contributed by atoms with van der Waals surface area (Å²) in [5, 5.41) is 13.4. The van der Waals surface area contributed by atoms with Gasteiger partial charge in [0.25, 0.3) is 0 Å². The Morgan fingerprint density at radius 3 is 2.29 bits per heavy atom. The summed E-state index contributed by atoms with van der Waals surface area (Å²) < 4.78 is 1.83. The molecule has 0 saturated heterocycles. The molecule has 2 aromatic carbocycles. The van der Waals surface area contributed by atoms with Gasteiger partial charge in [0.1, 0.15) is 0 Å². The first-order valence-corrected chi connectivity index (χ1v) is 6.58. The molecular formula is C17H14N2O2. The summed E-state index contributed by atoms with van der Waals surface area (Å²) in [6, 6.07) is 18.8. The zero-order valence-corrected chi connectivity index (χ0v) is 11.5. The van der Waals surface area contributed by atoms with Crippen LogP contribution in [0.15, 0.2) is 60.7 Å². The number of aromatic nitrogens is 2. The van der Waals surface area contributed by atoms with Crippen molar-refractivity contribution in [3.63, 3.8) is 0 Å². The Hall–Kier alpha value is -2.88. The van der Waals surface area contributed by atoms with Crippen LogP contribution in [-0.4, -0.2) is 20.9 Å². The van der Waals surface area contributed by atoms with Crippen LogP contribution in [0.5, 0.6) is 0 Å². The lowest BCUT2D eigenvalue weighted by atomic mass is 10.1. The first kappa shape index (κ1) is 13.1. The van der Waals surface area contributed by atoms with E-state index in [0.29, 0.717) is 0 Å². The van der Waals surface area contributed by atoms with Crippen molar-refractivity contribution in [1.29, 1.82) is 0 Å². The van der Waals surface area contributed by atoms with Crippen molar-refractivity contribution in [3.8, 4) is 22.5 Å². The average Bonchev–Trinajstić information content (AvgIpc) is 2.90. The topological polar surface area (TPSA) is 55.1 Å². The zero-order chi connectivity index (χ0) is 14.8. The van der Waals surface area contributed by atoms with Crippen LogP contribution in [-0.2, 0) is 7.05 Å². The molecule has 0 aliphatic heterocycles. The maximum Gasteiger partial charge on any atom is 0.335 e. The first-order chi connectivity index (χ1) is 10.1. The van der Waals surface area contributed by atoms with Crippen LogP contribution in [0.2, 0.25) is 0 Å². The van der Waals surface area contributed by atoms with Crippen molar-refractivity contribution in [2.45, 2.75) is 0 Å². The van der Waals surface area contributed by atoms with E-state index < -0.39 is 5.97 Å². The van der Waals surface area contributed by atoms with Gasteiger partial charge in [-0.3, -0.25) is 4.68 Å². The Morgan fingerprint density at radius 2 is 1.67 bits per heavy atom. The normalized spacial score (nSPS) is 10.5. The summed E-state index contributed by atoms with van der Waals surface area (Å²) in [7, 11) is 1.90. The van der Waals surface area contributed by atoms with Gasteiger partial charge in [0.2, 0.25) is 0 Å². The highest BCUT2D eigenvalue weighted by atomic mass is 16.4. The van der Waals surface area contributed by atoms with Crippen LogP contribution >= 0.6 is 0 Å². The Morgan fingerprint density at radius 1 is 1.00 bits per heavy atom. The SMILES string of the molecule is Cn1nc(-c2ccc(C(=O)O)cc2)cc1-c1ccccc1. The molecule has 0 atom stereocenters. The molecule has 4 heteroatoms. The summed E-state index contributed by atoms with van der Waals surface area (Å²) in [5.41, 5.74) is 4.12. The second-order valence-electron chi connectivity index (χ2n) is 4.79. The van der Waals surface area contributed by atoms with E-state index in [4.69, 9.17) is 5.11 Å². The Bertz CT molecular complexity index is 774. The quantitative estimate of drug-likeness (QED) is 0.798. The minimum atomic E-state index is -0.924. The lowest BCUT2D eigenvalue weighted by molar-refractivity contribution is 0.0697. The predicted molar refractivity (Wildman–Crippen MR) is 81.0 cm³/mol. The van der Waals surface area contributed by atoms with Crippen molar-refractivity contribution >= 4 is 5.97 Å². The van der Waals surface area contributed by atoms with E-state index in [1.807, 2.05) is 48.1 Å². The van der Waals surface area contributed by atoms with E-state index in [-0.39, 0.29) is 5.56 Å². The van der Waals surface area contributed by atoms with Crippen LogP contribution in [0.4, 0.5) is 0 Å². The van der Waals surface area contributed by atoms with E-state index in [0.717, 1.165) is 22.5 Å². The fourth-order valence-corrected chi connectivity index (χ4v) is 2.27. The molecule has 0 fully saturated rings. The highest BCUT2D eigenvalue weighted by Gasteiger charge is 2.09. The molecule has 1 N–H and O–H groups in total. The molecule has 0 spiro atoms. The Balaban J connectivity index is 1.99. The van der Waals surface area contributed by atoms with E-state index in [1.165, 1.54) is 0 Å². The number of carbonyl (C=O) groups is 1. The molecule has 3 rings (SSSR count). The number of benzene rings is 2. The van der Waals surface area contributed by atoms with Gasteiger partial charge in [0.05, 0.1) is 17.0 Å². The minimum absolute atomic E-state index is 0.276. The van der Waals surface area contributed by atoms with Crippen molar-refractivity contribution < 1.29 is 9.90 Å². The molecular weight excluding hydrogens is 264 g/mol. The molecule has 0 saturated carbocycles. The van der Waals surface area contributed by atoms with Crippen molar-refractivity contribution in [1.82, 2.24) is 9.78 Å². The fraction of sp³-hybridized carbons (Fsp3) is 0.0588. The third-order valence-electron chi connectivity index (χ3n) is 3.38. The fourth-order valence-electron chi connectivity index (χ4n) is 2.27. The van der Waals surface area contributed by atoms with E-state index in [2.05, 4.69) is 5.10 Å². The third-order valence-corrected chi connectivity index (χ3v) is 3.38. The van der Waals surface area contributed by atoms with Gasteiger partial charge in [0, 0.05) is 12.6 Å². The Kier molecular flexibility index (Phi) is 3.28. The lowest BCUT2D eigenvalue weighted by Crippen LogP contribution is -1.95. The molecule has 0 unspecified atom stereocenters. The number of nitrogens with zero attached hydrogens (tertiary/aromatic N) is 2. The van der Waals surface area contributed by atoms with Crippen molar-refractivity contribution in [2.75, 3.05) is 0 Å². The summed E-state index contributed by atoms with van der Waals surface area (Å²) >= 11 is 0. The number of carboxylic acid groups (broad SMARTS) is 1. The third kappa shape index (κ3) is 2.56. The molecule has 3 aromatic rings. The number of hydrogen-bond donors (Lipinski definition) is 1. The number of aryl methyl sites for hydroxylation is 1. The van der Waals surface area contributed by atoms with Crippen molar-refractivity contribution in [3.05, 3.63) is 66.2 Å². The maximum atomic E-state index is 10.9. The minimum Gasteiger partial charge on any atom is -0.478 e. The molecule has 1 aromatic heterocycles. The standard InChI is InChI=1S/C17H14N2O2/c1-19-16(13-5-3-2-4-6-13)11-15(18-19)12-7-9-14(10-8-12)17(20)21/h2-11H,1H3,(H,20,21). The molecule has 0 radical (unpaired) electrons. The van der Waals surface area contributed by atoms with E-state index in [9.17, 15) is 4.79 Å². The van der Waals surface area contributed by atoms with Crippen LogP contribution in [0, 0.1) is 0 Å². The predicted octanol–water partition coefficient (Wildman–Crippen LogP) is 3.45. The second kappa shape index (κ2) is 5.25. The lowest BCUT2D eigenvalue weighted by Gasteiger charge is -1.99. The summed E-state index contributed by atoms with van der Waals surface area (Å²) in [5.74, 6) is -0.924. The first-order valence-electron chi connectivity index (χ1n) is 6.58. The smallest absolute Gasteiger partial charge is 0.335 e. The van der Waals surface area contributed by atoms with Crippen LogP contribution in [0.3, 0.4) is 0 Å².